The predicted molar refractivity (Wildman–Crippen MR) is 108 cm³/mol. The van der Waals surface area contributed by atoms with Crippen molar-refractivity contribution in [3.05, 3.63) is 69.8 Å². The molecule has 0 spiro atoms. The number of aromatic amines is 1. The summed E-state index contributed by atoms with van der Waals surface area (Å²) in [6.45, 7) is 7.78. The van der Waals surface area contributed by atoms with Crippen LogP contribution < -0.4 is 10.3 Å². The maximum Gasteiger partial charge on any atom is 0.344 e. The number of rotatable bonds is 5. The molecule has 1 heterocycles. The SMILES string of the molecule is Cc1cccc2c(=O)[nH]c(COC(=O)COc3ccccc3C(C)(C)C)nc12. The minimum absolute atomic E-state index is 0.104. The number of benzene rings is 2. The first-order valence-corrected chi connectivity index (χ1v) is 9.12. The van der Waals surface area contributed by atoms with Crippen molar-refractivity contribution in [1.82, 2.24) is 9.97 Å². The van der Waals surface area contributed by atoms with Gasteiger partial charge in [-0.2, -0.15) is 0 Å². The second-order valence-corrected chi connectivity index (χ2v) is 7.68. The number of para-hydroxylation sites is 2. The standard InChI is InChI=1S/C22H24N2O4/c1-14-8-7-9-15-20(14)23-18(24-21(15)26)12-28-19(25)13-27-17-11-6-5-10-16(17)22(2,3)4/h5-11H,12-13H2,1-4H3,(H,23,24,26). The van der Waals surface area contributed by atoms with E-state index in [4.69, 9.17) is 9.47 Å². The van der Waals surface area contributed by atoms with Gasteiger partial charge in [0.15, 0.2) is 6.61 Å². The summed E-state index contributed by atoms with van der Waals surface area (Å²) in [5.41, 5.74) is 2.15. The number of ether oxygens (including phenoxy) is 2. The molecule has 6 heteroatoms. The molecule has 28 heavy (non-hydrogen) atoms. The lowest BCUT2D eigenvalue weighted by atomic mass is 9.86. The van der Waals surface area contributed by atoms with Crippen molar-refractivity contribution in [2.24, 2.45) is 0 Å². The second-order valence-electron chi connectivity index (χ2n) is 7.68. The summed E-state index contributed by atoms with van der Waals surface area (Å²) in [4.78, 5) is 31.3. The minimum atomic E-state index is -0.531. The lowest BCUT2D eigenvalue weighted by Gasteiger charge is -2.22. The zero-order valence-electron chi connectivity index (χ0n) is 16.5. The summed E-state index contributed by atoms with van der Waals surface area (Å²) in [6.07, 6.45) is 0. The van der Waals surface area contributed by atoms with E-state index >= 15 is 0 Å². The highest BCUT2D eigenvalue weighted by Gasteiger charge is 2.19. The van der Waals surface area contributed by atoms with Gasteiger partial charge in [0.2, 0.25) is 0 Å². The summed E-state index contributed by atoms with van der Waals surface area (Å²) in [5.74, 6) is 0.422. The van der Waals surface area contributed by atoms with Gasteiger partial charge in [-0.05, 0) is 35.6 Å². The number of H-pyrrole nitrogens is 1. The molecule has 0 aliphatic carbocycles. The van der Waals surface area contributed by atoms with Gasteiger partial charge in [0.25, 0.3) is 5.56 Å². The summed E-state index contributed by atoms with van der Waals surface area (Å²) in [5, 5.41) is 0.511. The van der Waals surface area contributed by atoms with Crippen LogP contribution in [-0.2, 0) is 21.6 Å². The molecule has 0 fully saturated rings. The van der Waals surface area contributed by atoms with Crippen LogP contribution in [0, 0.1) is 6.92 Å². The highest BCUT2D eigenvalue weighted by molar-refractivity contribution is 5.80. The Labute approximate surface area is 163 Å². The van der Waals surface area contributed by atoms with Gasteiger partial charge in [-0.3, -0.25) is 4.79 Å². The summed E-state index contributed by atoms with van der Waals surface area (Å²) >= 11 is 0. The molecule has 2 aromatic carbocycles. The molecule has 3 aromatic rings. The van der Waals surface area contributed by atoms with Gasteiger partial charge in [0.1, 0.15) is 18.2 Å². The van der Waals surface area contributed by atoms with Gasteiger partial charge in [-0.15, -0.1) is 0 Å². The molecule has 0 saturated carbocycles. The van der Waals surface area contributed by atoms with E-state index < -0.39 is 5.97 Å². The highest BCUT2D eigenvalue weighted by atomic mass is 16.6. The molecule has 1 N–H and O–H groups in total. The Kier molecular flexibility index (Phi) is 5.49. The van der Waals surface area contributed by atoms with E-state index in [1.54, 1.807) is 12.1 Å². The van der Waals surface area contributed by atoms with Gasteiger partial charge in [0, 0.05) is 0 Å². The number of aromatic nitrogens is 2. The fourth-order valence-corrected chi connectivity index (χ4v) is 2.96. The first kappa shape index (κ1) is 19.6. The van der Waals surface area contributed by atoms with E-state index in [1.165, 1.54) is 0 Å². The number of aryl methyl sites for hydroxylation is 1. The summed E-state index contributed by atoms with van der Waals surface area (Å²) in [7, 11) is 0. The quantitative estimate of drug-likeness (QED) is 0.683. The number of nitrogens with zero attached hydrogens (tertiary/aromatic N) is 1. The molecular weight excluding hydrogens is 356 g/mol. The van der Waals surface area contributed by atoms with Gasteiger partial charge >= 0.3 is 5.97 Å². The third-order valence-electron chi connectivity index (χ3n) is 4.40. The van der Waals surface area contributed by atoms with Crippen LogP contribution in [-0.4, -0.2) is 22.5 Å². The van der Waals surface area contributed by atoms with E-state index in [9.17, 15) is 9.59 Å². The number of carbonyl (C=O) groups excluding carboxylic acids is 1. The van der Waals surface area contributed by atoms with Crippen LogP contribution in [0.2, 0.25) is 0 Å². The Hall–Kier alpha value is -3.15. The molecule has 0 atom stereocenters. The Morgan fingerprint density at radius 1 is 1.11 bits per heavy atom. The van der Waals surface area contributed by atoms with Crippen LogP contribution in [0.3, 0.4) is 0 Å². The Morgan fingerprint density at radius 3 is 2.61 bits per heavy atom. The lowest BCUT2D eigenvalue weighted by molar-refractivity contribution is -0.147. The zero-order chi connectivity index (χ0) is 20.3. The van der Waals surface area contributed by atoms with E-state index in [0.29, 0.717) is 22.5 Å². The van der Waals surface area contributed by atoms with Crippen LogP contribution >= 0.6 is 0 Å². The van der Waals surface area contributed by atoms with Crippen molar-refractivity contribution in [3.8, 4) is 5.75 Å². The molecule has 0 saturated heterocycles. The van der Waals surface area contributed by atoms with Crippen LogP contribution in [0.25, 0.3) is 10.9 Å². The van der Waals surface area contributed by atoms with Crippen molar-refractivity contribution in [2.45, 2.75) is 39.7 Å². The largest absolute Gasteiger partial charge is 0.482 e. The molecule has 146 valence electrons. The number of carbonyl (C=O) groups is 1. The maximum atomic E-state index is 12.2. The minimum Gasteiger partial charge on any atom is -0.482 e. The predicted octanol–water partition coefficient (Wildman–Crippen LogP) is 3.65. The van der Waals surface area contributed by atoms with Crippen LogP contribution in [0.15, 0.2) is 47.3 Å². The zero-order valence-corrected chi connectivity index (χ0v) is 16.5. The molecule has 0 amide bonds. The topological polar surface area (TPSA) is 81.3 Å². The fraction of sp³-hybridized carbons (Fsp3) is 0.318. The molecule has 1 aromatic heterocycles. The van der Waals surface area contributed by atoms with E-state index in [1.807, 2.05) is 37.3 Å². The van der Waals surface area contributed by atoms with Gasteiger partial charge in [-0.1, -0.05) is 51.1 Å². The average Bonchev–Trinajstić information content (AvgIpc) is 2.65. The van der Waals surface area contributed by atoms with Crippen molar-refractivity contribution in [3.63, 3.8) is 0 Å². The molecule has 0 radical (unpaired) electrons. The Morgan fingerprint density at radius 2 is 1.86 bits per heavy atom. The first-order chi connectivity index (χ1) is 13.3. The first-order valence-electron chi connectivity index (χ1n) is 9.12. The normalized spacial score (nSPS) is 11.4. The van der Waals surface area contributed by atoms with Gasteiger partial charge < -0.3 is 14.5 Å². The lowest BCUT2D eigenvalue weighted by Crippen LogP contribution is -2.20. The molecule has 0 unspecified atom stereocenters. The second kappa shape index (κ2) is 7.84. The van der Waals surface area contributed by atoms with E-state index in [2.05, 4.69) is 30.7 Å². The van der Waals surface area contributed by atoms with Crippen LogP contribution in [0.1, 0.15) is 37.7 Å². The number of nitrogens with one attached hydrogen (secondary N) is 1. The number of fused-ring (bicyclic) bond motifs is 1. The van der Waals surface area contributed by atoms with Crippen molar-refractivity contribution in [1.29, 1.82) is 0 Å². The molecule has 0 aliphatic rings. The number of hydrogen-bond acceptors (Lipinski definition) is 5. The van der Waals surface area contributed by atoms with Crippen LogP contribution in [0.4, 0.5) is 0 Å². The average molecular weight is 380 g/mol. The Bertz CT molecular complexity index is 1060. The number of esters is 1. The molecule has 0 aliphatic heterocycles. The highest BCUT2D eigenvalue weighted by Crippen LogP contribution is 2.30. The fourth-order valence-electron chi connectivity index (χ4n) is 2.96. The monoisotopic (exact) mass is 380 g/mol. The van der Waals surface area contributed by atoms with Crippen molar-refractivity contribution >= 4 is 16.9 Å². The number of hydrogen-bond donors (Lipinski definition) is 1. The van der Waals surface area contributed by atoms with Gasteiger partial charge in [0.05, 0.1) is 10.9 Å². The smallest absolute Gasteiger partial charge is 0.344 e. The third kappa shape index (κ3) is 4.39. The summed E-state index contributed by atoms with van der Waals surface area (Å²) in [6, 6.07) is 13.0. The summed E-state index contributed by atoms with van der Waals surface area (Å²) < 4.78 is 10.9. The van der Waals surface area contributed by atoms with Gasteiger partial charge in [-0.25, -0.2) is 9.78 Å². The molecule has 0 bridgehead atoms. The van der Waals surface area contributed by atoms with Crippen LogP contribution in [0.5, 0.6) is 5.75 Å². The van der Waals surface area contributed by atoms with E-state index in [0.717, 1.165) is 11.1 Å². The van der Waals surface area contributed by atoms with Crippen molar-refractivity contribution < 1.29 is 14.3 Å². The maximum absolute atomic E-state index is 12.2. The van der Waals surface area contributed by atoms with Crippen molar-refractivity contribution in [2.75, 3.05) is 6.61 Å². The third-order valence-corrected chi connectivity index (χ3v) is 4.40. The molecule has 3 rings (SSSR count). The van der Waals surface area contributed by atoms with E-state index in [-0.39, 0.29) is 24.2 Å². The Balaban J connectivity index is 1.65. The molecule has 6 nitrogen and oxygen atoms in total. The molecular formula is C22H24N2O4.